The van der Waals surface area contributed by atoms with Gasteiger partial charge < -0.3 is 5.32 Å². The number of hydrogen-bond acceptors (Lipinski definition) is 5. The van der Waals surface area contributed by atoms with Crippen LogP contribution in [0.5, 0.6) is 0 Å². The molecule has 1 unspecified atom stereocenters. The van der Waals surface area contributed by atoms with Gasteiger partial charge in [0.2, 0.25) is 15.9 Å². The first-order chi connectivity index (χ1) is 17.6. The summed E-state index contributed by atoms with van der Waals surface area (Å²) in [5.74, 6) is -1.66. The third-order valence-corrected chi connectivity index (χ3v) is 9.76. The largest absolute Gasteiger partial charge is 0.354 e. The van der Waals surface area contributed by atoms with Gasteiger partial charge in [-0.2, -0.15) is 14.5 Å². The topological polar surface area (TPSA) is 91.2 Å². The van der Waals surface area contributed by atoms with Gasteiger partial charge in [-0.15, -0.1) is 0 Å². The van der Waals surface area contributed by atoms with Crippen molar-refractivity contribution in [3.8, 4) is 0 Å². The molecule has 7 nitrogen and oxygen atoms in total. The van der Waals surface area contributed by atoms with Crippen molar-refractivity contribution in [2.45, 2.75) is 53.0 Å². The summed E-state index contributed by atoms with van der Waals surface area (Å²) < 4.78 is 55.0. The molecule has 0 spiro atoms. The lowest BCUT2D eigenvalue weighted by Crippen LogP contribution is -2.50. The van der Waals surface area contributed by atoms with Crippen LogP contribution in [0.4, 0.5) is 8.78 Å². The number of nitrogens with zero attached hydrogens (tertiary/aromatic N) is 3. The minimum Gasteiger partial charge on any atom is -0.354 e. The van der Waals surface area contributed by atoms with E-state index in [1.807, 2.05) is 27.7 Å². The first-order valence-electron chi connectivity index (χ1n) is 12.7. The third-order valence-electron chi connectivity index (χ3n) is 8.46. The number of rotatable bonds is 9. The Labute approximate surface area is 224 Å². The molecular formula is C28H38F2N4O3S. The maximum Gasteiger partial charge on any atom is 0.226 e. The Morgan fingerprint density at radius 1 is 1.26 bits per heavy atom. The van der Waals surface area contributed by atoms with E-state index in [0.717, 1.165) is 12.1 Å². The van der Waals surface area contributed by atoms with Crippen LogP contribution >= 0.6 is 0 Å². The van der Waals surface area contributed by atoms with E-state index < -0.39 is 32.5 Å². The molecule has 1 aromatic rings. The average Bonchev–Trinajstić information content (AvgIpc) is 3.32. The molecule has 1 saturated carbocycles. The predicted molar refractivity (Wildman–Crippen MR) is 145 cm³/mol. The standard InChI is InChI=1S/C28H38F2N4O3S/c1-8-32-33-24(25-22(29)10-9-11-23(25)30)15-19(3)21-12-13-28(6,27(21,4)5)26(35)31-16-20-14-18(2)17-34(20)38(7,36)37/h8-11,15,18,20-21H,1,3,12-14,16-17H2,2,4-7H3,(H,31,35)/b24-15-,33-32-/t18-,20+,21?,28-/m1/s1. The van der Waals surface area contributed by atoms with Gasteiger partial charge in [0.1, 0.15) is 11.6 Å². The van der Waals surface area contributed by atoms with Crippen molar-refractivity contribution in [1.82, 2.24) is 9.62 Å². The molecule has 1 saturated heterocycles. The first kappa shape index (κ1) is 29.8. The second-order valence-corrected chi connectivity index (χ2v) is 13.2. The van der Waals surface area contributed by atoms with Gasteiger partial charge in [-0.1, -0.05) is 46.9 Å². The molecule has 1 aliphatic heterocycles. The van der Waals surface area contributed by atoms with Crippen LogP contribution in [0, 0.1) is 34.3 Å². The predicted octanol–water partition coefficient (Wildman–Crippen LogP) is 5.69. The number of sulfonamides is 1. The van der Waals surface area contributed by atoms with Crippen LogP contribution in [0.25, 0.3) is 5.70 Å². The fraction of sp³-hybridized carbons (Fsp3) is 0.536. The highest BCUT2D eigenvalue weighted by Gasteiger charge is 2.56. The molecule has 3 rings (SSSR count). The number of amides is 1. The fourth-order valence-corrected chi connectivity index (χ4v) is 7.17. The number of nitrogens with one attached hydrogen (secondary N) is 1. The highest BCUT2D eigenvalue weighted by Crippen LogP contribution is 2.58. The van der Waals surface area contributed by atoms with Gasteiger partial charge in [0.25, 0.3) is 0 Å². The summed E-state index contributed by atoms with van der Waals surface area (Å²) in [5.41, 5.74) is -1.09. The molecule has 1 heterocycles. The smallest absolute Gasteiger partial charge is 0.226 e. The van der Waals surface area contributed by atoms with Gasteiger partial charge in [0, 0.05) is 25.3 Å². The van der Waals surface area contributed by atoms with Crippen molar-refractivity contribution in [3.05, 3.63) is 66.4 Å². The highest BCUT2D eigenvalue weighted by molar-refractivity contribution is 7.88. The summed E-state index contributed by atoms with van der Waals surface area (Å²) in [5, 5.41) is 10.7. The van der Waals surface area contributed by atoms with Gasteiger partial charge in [-0.05, 0) is 60.3 Å². The maximum absolute atomic E-state index is 14.5. The van der Waals surface area contributed by atoms with Crippen molar-refractivity contribution >= 4 is 21.6 Å². The summed E-state index contributed by atoms with van der Waals surface area (Å²) in [7, 11) is -3.37. The molecule has 1 aliphatic carbocycles. The molecule has 4 atom stereocenters. The van der Waals surface area contributed by atoms with E-state index in [9.17, 15) is 22.0 Å². The number of halogens is 2. The lowest BCUT2D eigenvalue weighted by atomic mass is 9.63. The first-order valence-corrected chi connectivity index (χ1v) is 14.6. The molecule has 0 bridgehead atoms. The van der Waals surface area contributed by atoms with Crippen LogP contribution in [0.3, 0.4) is 0 Å². The van der Waals surface area contributed by atoms with Crippen molar-refractivity contribution in [3.63, 3.8) is 0 Å². The van der Waals surface area contributed by atoms with Crippen LogP contribution in [-0.2, 0) is 14.8 Å². The summed E-state index contributed by atoms with van der Waals surface area (Å²) in [6.45, 7) is 16.2. The Morgan fingerprint density at radius 2 is 1.89 bits per heavy atom. The molecule has 208 valence electrons. The number of azo groups is 1. The summed E-state index contributed by atoms with van der Waals surface area (Å²) in [6.07, 6.45) is 5.78. The monoisotopic (exact) mass is 548 g/mol. The average molecular weight is 549 g/mol. The maximum atomic E-state index is 14.5. The third kappa shape index (κ3) is 5.81. The molecule has 1 aromatic carbocycles. The molecule has 1 amide bonds. The number of hydrogen-bond donors (Lipinski definition) is 1. The fourth-order valence-electron chi connectivity index (χ4n) is 5.94. The second-order valence-electron chi connectivity index (χ2n) is 11.3. The minimum atomic E-state index is -3.37. The molecule has 2 fully saturated rings. The SMILES string of the molecule is C=C/N=N\C(=C/C(=C)C1CC[C@](C)(C(=O)NC[C@@H]2C[C@@H](C)CN2S(C)(=O)=O)C1(C)C)c1c(F)cccc1F. The van der Waals surface area contributed by atoms with Gasteiger partial charge in [-0.3, -0.25) is 4.79 Å². The Morgan fingerprint density at radius 3 is 2.47 bits per heavy atom. The van der Waals surface area contributed by atoms with Crippen LogP contribution in [0.1, 0.15) is 52.5 Å². The molecule has 2 aliphatic rings. The Hall–Kier alpha value is -2.72. The normalized spacial score (nSPS) is 28.1. The zero-order valence-electron chi connectivity index (χ0n) is 22.8. The summed E-state index contributed by atoms with van der Waals surface area (Å²) >= 11 is 0. The van der Waals surface area contributed by atoms with Gasteiger partial charge >= 0.3 is 0 Å². The van der Waals surface area contributed by atoms with Crippen molar-refractivity contribution < 1.29 is 22.0 Å². The van der Waals surface area contributed by atoms with Crippen LogP contribution in [0.15, 0.2) is 59.4 Å². The van der Waals surface area contributed by atoms with Crippen molar-refractivity contribution in [2.75, 3.05) is 19.3 Å². The molecule has 10 heteroatoms. The molecule has 0 radical (unpaired) electrons. The second kappa shape index (κ2) is 11.2. The number of carbonyl (C=O) groups excluding carboxylic acids is 1. The lowest BCUT2D eigenvalue weighted by Gasteiger charge is -2.41. The quantitative estimate of drug-likeness (QED) is 0.318. The number of allylic oxidation sites excluding steroid dienone is 2. The zero-order chi connectivity index (χ0) is 28.5. The van der Waals surface area contributed by atoms with E-state index in [1.54, 1.807) is 0 Å². The van der Waals surface area contributed by atoms with E-state index in [2.05, 4.69) is 28.7 Å². The molecular weight excluding hydrogens is 510 g/mol. The van der Waals surface area contributed by atoms with Gasteiger partial charge in [0.15, 0.2) is 0 Å². The van der Waals surface area contributed by atoms with E-state index in [4.69, 9.17) is 0 Å². The van der Waals surface area contributed by atoms with E-state index in [0.29, 0.717) is 31.4 Å². The zero-order valence-corrected chi connectivity index (χ0v) is 23.6. The van der Waals surface area contributed by atoms with E-state index in [-0.39, 0.29) is 41.6 Å². The summed E-state index contributed by atoms with van der Waals surface area (Å²) in [6, 6.07) is 3.29. The molecule has 38 heavy (non-hydrogen) atoms. The Bertz CT molecular complexity index is 1250. The molecule has 1 N–H and O–H groups in total. The number of carbonyl (C=O) groups is 1. The van der Waals surface area contributed by atoms with Gasteiger partial charge in [-0.25, -0.2) is 17.2 Å². The van der Waals surface area contributed by atoms with E-state index in [1.165, 1.54) is 28.9 Å². The minimum absolute atomic E-state index is 0.0180. The molecule has 0 aromatic heterocycles. The lowest BCUT2D eigenvalue weighted by molar-refractivity contribution is -0.135. The van der Waals surface area contributed by atoms with Crippen LogP contribution in [0.2, 0.25) is 0 Å². The van der Waals surface area contributed by atoms with Crippen molar-refractivity contribution in [1.29, 1.82) is 0 Å². The van der Waals surface area contributed by atoms with Crippen molar-refractivity contribution in [2.24, 2.45) is 32.9 Å². The Kier molecular flexibility index (Phi) is 8.77. The van der Waals surface area contributed by atoms with E-state index >= 15 is 0 Å². The van der Waals surface area contributed by atoms with Crippen LogP contribution < -0.4 is 5.32 Å². The van der Waals surface area contributed by atoms with Gasteiger partial charge in [0.05, 0.1) is 22.9 Å². The number of benzene rings is 1. The Balaban J connectivity index is 1.82. The highest BCUT2D eigenvalue weighted by atomic mass is 32.2. The summed E-state index contributed by atoms with van der Waals surface area (Å²) in [4.78, 5) is 13.6. The van der Waals surface area contributed by atoms with Crippen LogP contribution in [-0.4, -0.2) is 44.0 Å².